The first-order chi connectivity index (χ1) is 12.7. The van der Waals surface area contributed by atoms with Crippen molar-refractivity contribution in [3.05, 3.63) is 51.6 Å². The summed E-state index contributed by atoms with van der Waals surface area (Å²) in [5.41, 5.74) is 0.596. The molecule has 2 N–H and O–H groups in total. The maximum Gasteiger partial charge on any atom is 0.416 e. The second kappa shape index (κ2) is 7.81. The predicted molar refractivity (Wildman–Crippen MR) is 90.5 cm³/mol. The molecule has 0 fully saturated rings. The van der Waals surface area contributed by atoms with Gasteiger partial charge >= 0.3 is 6.18 Å². The van der Waals surface area contributed by atoms with Gasteiger partial charge in [0.1, 0.15) is 5.69 Å². The van der Waals surface area contributed by atoms with Crippen LogP contribution in [0.5, 0.6) is 17.2 Å². The minimum Gasteiger partial charge on any atom is -0.502 e. The smallest absolute Gasteiger partial charge is 0.416 e. The summed E-state index contributed by atoms with van der Waals surface area (Å²) in [6, 6.07) is 4.88. The van der Waals surface area contributed by atoms with E-state index in [1.165, 1.54) is 32.6 Å². The summed E-state index contributed by atoms with van der Waals surface area (Å²) in [7, 11) is 2.67. The van der Waals surface area contributed by atoms with E-state index in [4.69, 9.17) is 9.47 Å². The Morgan fingerprint density at radius 3 is 2.26 bits per heavy atom. The third-order valence-electron chi connectivity index (χ3n) is 3.42. The number of hydrazone groups is 1. The quantitative estimate of drug-likeness (QED) is 0.445. The van der Waals surface area contributed by atoms with Crippen LogP contribution in [0.2, 0.25) is 0 Å². The average Bonchev–Trinajstić information content (AvgIpc) is 2.61. The van der Waals surface area contributed by atoms with Crippen molar-refractivity contribution in [1.29, 1.82) is 0 Å². The zero-order valence-corrected chi connectivity index (χ0v) is 14.1. The molecule has 144 valence electrons. The van der Waals surface area contributed by atoms with Gasteiger partial charge in [0, 0.05) is 11.6 Å². The molecule has 0 unspecified atom stereocenters. The summed E-state index contributed by atoms with van der Waals surface area (Å²) in [5, 5.41) is 24.6. The molecule has 2 aromatic rings. The summed E-state index contributed by atoms with van der Waals surface area (Å²) < 4.78 is 48.0. The molecule has 8 nitrogen and oxygen atoms in total. The molecule has 2 aromatic carbocycles. The molecule has 0 atom stereocenters. The first kappa shape index (κ1) is 19.8. The molecular formula is C16H14F3N3O5. The number of nitro benzene ring substituents is 1. The van der Waals surface area contributed by atoms with Gasteiger partial charge in [-0.3, -0.25) is 15.5 Å². The van der Waals surface area contributed by atoms with Gasteiger partial charge in [-0.25, -0.2) is 0 Å². The van der Waals surface area contributed by atoms with Gasteiger partial charge in [0.2, 0.25) is 5.75 Å². The Labute approximate surface area is 151 Å². The van der Waals surface area contributed by atoms with Crippen molar-refractivity contribution in [2.75, 3.05) is 19.6 Å². The molecule has 0 aromatic heterocycles. The number of anilines is 1. The fourth-order valence-electron chi connectivity index (χ4n) is 2.12. The van der Waals surface area contributed by atoms with E-state index < -0.39 is 22.4 Å². The summed E-state index contributed by atoms with van der Waals surface area (Å²) in [5.74, 6) is -0.00360. The van der Waals surface area contributed by atoms with E-state index in [0.717, 1.165) is 6.07 Å². The lowest BCUT2D eigenvalue weighted by Gasteiger charge is -2.09. The SMILES string of the molecule is COc1cc(/C=N\Nc2ccc(C(F)(F)F)cc2[N+](=O)[O-])cc(OC)c1O. The fourth-order valence-corrected chi connectivity index (χ4v) is 2.12. The van der Waals surface area contributed by atoms with E-state index in [2.05, 4.69) is 10.5 Å². The number of methoxy groups -OCH3 is 2. The number of phenolic OH excluding ortho intramolecular Hbond substituents is 1. The number of benzene rings is 2. The molecule has 2 rings (SSSR count). The second-order valence-corrected chi connectivity index (χ2v) is 5.13. The van der Waals surface area contributed by atoms with Gasteiger partial charge in [0.25, 0.3) is 5.69 Å². The summed E-state index contributed by atoms with van der Waals surface area (Å²) in [4.78, 5) is 10.1. The largest absolute Gasteiger partial charge is 0.502 e. The molecule has 0 radical (unpaired) electrons. The number of nitrogens with one attached hydrogen (secondary N) is 1. The second-order valence-electron chi connectivity index (χ2n) is 5.13. The molecule has 0 bridgehead atoms. The first-order valence-electron chi connectivity index (χ1n) is 7.27. The molecule has 0 aliphatic heterocycles. The minimum absolute atomic E-state index is 0.108. The highest BCUT2D eigenvalue weighted by Gasteiger charge is 2.33. The summed E-state index contributed by atoms with van der Waals surface area (Å²) in [6.07, 6.45) is -3.47. The van der Waals surface area contributed by atoms with E-state index >= 15 is 0 Å². The highest BCUT2D eigenvalue weighted by atomic mass is 19.4. The average molecular weight is 385 g/mol. The van der Waals surface area contributed by atoms with Gasteiger partial charge in [-0.2, -0.15) is 18.3 Å². The third-order valence-corrected chi connectivity index (χ3v) is 3.42. The minimum atomic E-state index is -4.70. The third kappa shape index (κ3) is 4.57. The van der Waals surface area contributed by atoms with Crippen molar-refractivity contribution in [3.63, 3.8) is 0 Å². The Kier molecular flexibility index (Phi) is 5.73. The molecule has 0 amide bonds. The Hall–Kier alpha value is -3.50. The van der Waals surface area contributed by atoms with E-state index in [9.17, 15) is 28.4 Å². The van der Waals surface area contributed by atoms with Gasteiger partial charge < -0.3 is 14.6 Å². The van der Waals surface area contributed by atoms with Crippen molar-refractivity contribution >= 4 is 17.6 Å². The van der Waals surface area contributed by atoms with Crippen LogP contribution in [0.4, 0.5) is 24.5 Å². The number of hydrogen-bond donors (Lipinski definition) is 2. The van der Waals surface area contributed by atoms with E-state index in [-0.39, 0.29) is 22.9 Å². The Morgan fingerprint density at radius 2 is 1.78 bits per heavy atom. The molecule has 0 aliphatic rings. The number of ether oxygens (including phenoxy) is 2. The Morgan fingerprint density at radius 1 is 1.19 bits per heavy atom. The summed E-state index contributed by atoms with van der Waals surface area (Å²) >= 11 is 0. The highest BCUT2D eigenvalue weighted by molar-refractivity contribution is 5.83. The highest BCUT2D eigenvalue weighted by Crippen LogP contribution is 2.37. The molecule has 0 aliphatic carbocycles. The molecule has 0 saturated heterocycles. The van der Waals surface area contributed by atoms with Crippen LogP contribution < -0.4 is 14.9 Å². The van der Waals surface area contributed by atoms with E-state index in [1.807, 2.05) is 0 Å². The van der Waals surface area contributed by atoms with Crippen LogP contribution in [0.25, 0.3) is 0 Å². The van der Waals surface area contributed by atoms with E-state index in [0.29, 0.717) is 17.7 Å². The van der Waals surface area contributed by atoms with Crippen LogP contribution in [0, 0.1) is 10.1 Å². The molecule has 11 heteroatoms. The van der Waals surface area contributed by atoms with Crippen LogP contribution >= 0.6 is 0 Å². The summed E-state index contributed by atoms with van der Waals surface area (Å²) in [6.45, 7) is 0. The van der Waals surface area contributed by atoms with Crippen molar-refractivity contribution in [3.8, 4) is 17.2 Å². The normalized spacial score (nSPS) is 11.4. The molecule has 0 heterocycles. The van der Waals surface area contributed by atoms with E-state index in [1.54, 1.807) is 0 Å². The van der Waals surface area contributed by atoms with Crippen LogP contribution in [0.3, 0.4) is 0 Å². The predicted octanol–water partition coefficient (Wildman–Crippen LogP) is 3.78. The number of nitro groups is 1. The van der Waals surface area contributed by atoms with Crippen molar-refractivity contribution in [2.24, 2.45) is 5.10 Å². The topological polar surface area (TPSA) is 106 Å². The Bertz CT molecular complexity index is 859. The van der Waals surface area contributed by atoms with Crippen LogP contribution in [0.15, 0.2) is 35.4 Å². The molecule has 27 heavy (non-hydrogen) atoms. The molecular weight excluding hydrogens is 371 g/mol. The standard InChI is InChI=1S/C16H14F3N3O5/c1-26-13-5-9(6-14(27-2)15(13)23)8-20-21-11-4-3-10(16(17,18)19)7-12(11)22(24)25/h3-8,21,23H,1-2H3/b20-8-. The number of alkyl halides is 3. The van der Waals surface area contributed by atoms with Gasteiger partial charge in [-0.05, 0) is 24.3 Å². The van der Waals surface area contributed by atoms with Crippen LogP contribution in [-0.2, 0) is 6.18 Å². The zero-order valence-electron chi connectivity index (χ0n) is 14.1. The lowest BCUT2D eigenvalue weighted by molar-refractivity contribution is -0.384. The van der Waals surface area contributed by atoms with Crippen LogP contribution in [-0.4, -0.2) is 30.5 Å². The Balaban J connectivity index is 2.30. The van der Waals surface area contributed by atoms with Crippen molar-refractivity contribution in [2.45, 2.75) is 6.18 Å². The van der Waals surface area contributed by atoms with Gasteiger partial charge in [0.15, 0.2) is 11.5 Å². The fraction of sp³-hybridized carbons (Fsp3) is 0.188. The first-order valence-corrected chi connectivity index (χ1v) is 7.27. The maximum absolute atomic E-state index is 12.7. The maximum atomic E-state index is 12.7. The lowest BCUT2D eigenvalue weighted by Crippen LogP contribution is -2.06. The number of nitrogens with zero attached hydrogens (tertiary/aromatic N) is 2. The van der Waals surface area contributed by atoms with Crippen molar-refractivity contribution in [1.82, 2.24) is 0 Å². The molecule has 0 saturated carbocycles. The molecule has 0 spiro atoms. The van der Waals surface area contributed by atoms with Gasteiger partial charge in [-0.1, -0.05) is 0 Å². The van der Waals surface area contributed by atoms with Gasteiger partial charge in [-0.15, -0.1) is 0 Å². The monoisotopic (exact) mass is 385 g/mol. The van der Waals surface area contributed by atoms with Crippen LogP contribution in [0.1, 0.15) is 11.1 Å². The number of halogens is 3. The number of hydrogen-bond acceptors (Lipinski definition) is 7. The number of phenols is 1. The number of aromatic hydroxyl groups is 1. The van der Waals surface area contributed by atoms with Gasteiger partial charge in [0.05, 0.1) is 30.9 Å². The lowest BCUT2D eigenvalue weighted by atomic mass is 10.1. The van der Waals surface area contributed by atoms with Crippen molar-refractivity contribution < 1.29 is 32.7 Å². The number of rotatable bonds is 6. The zero-order chi connectivity index (χ0) is 20.2.